The lowest BCUT2D eigenvalue weighted by atomic mass is 9.99. The Hall–Kier alpha value is -2.08. The zero-order chi connectivity index (χ0) is 16.8. The monoisotopic (exact) mass is 309 g/mol. The largest absolute Gasteiger partial charge is 0.481 e. The second-order valence-corrected chi connectivity index (χ2v) is 6.11. The van der Waals surface area contributed by atoms with Crippen LogP contribution in [0.3, 0.4) is 0 Å². The molecule has 0 aromatic heterocycles. The number of amides is 1. The van der Waals surface area contributed by atoms with Crippen molar-refractivity contribution in [3.05, 3.63) is 35.9 Å². The van der Waals surface area contributed by atoms with Crippen LogP contribution in [-0.2, 0) is 16.0 Å². The predicted molar refractivity (Wildman–Crippen MR) is 81.6 cm³/mol. The van der Waals surface area contributed by atoms with Crippen molar-refractivity contribution in [2.45, 2.75) is 51.4 Å². The van der Waals surface area contributed by atoms with Crippen molar-refractivity contribution < 1.29 is 24.5 Å². The summed E-state index contributed by atoms with van der Waals surface area (Å²) in [6, 6.07) is 8.47. The molecule has 1 amide bonds. The van der Waals surface area contributed by atoms with Gasteiger partial charge < -0.3 is 20.3 Å². The molecule has 0 heterocycles. The first-order valence-corrected chi connectivity index (χ1v) is 7.10. The summed E-state index contributed by atoms with van der Waals surface area (Å²) in [5.41, 5.74) is 0.215. The normalized spacial score (nSPS) is 14.0. The summed E-state index contributed by atoms with van der Waals surface area (Å²) in [4.78, 5) is 22.6. The highest BCUT2D eigenvalue weighted by atomic mass is 16.6. The van der Waals surface area contributed by atoms with Crippen molar-refractivity contribution in [1.29, 1.82) is 0 Å². The Morgan fingerprint density at radius 2 is 1.82 bits per heavy atom. The number of nitrogens with one attached hydrogen (secondary N) is 1. The molecule has 3 N–H and O–H groups in total. The maximum absolute atomic E-state index is 11.9. The molecule has 1 unspecified atom stereocenters. The van der Waals surface area contributed by atoms with Gasteiger partial charge in [0, 0.05) is 0 Å². The van der Waals surface area contributed by atoms with Crippen LogP contribution < -0.4 is 5.32 Å². The molecule has 6 nitrogen and oxygen atoms in total. The van der Waals surface area contributed by atoms with Crippen molar-refractivity contribution >= 4 is 12.1 Å². The first-order valence-electron chi connectivity index (χ1n) is 7.10. The molecule has 0 aliphatic heterocycles. The molecule has 0 saturated carbocycles. The van der Waals surface area contributed by atoms with Crippen molar-refractivity contribution in [2.75, 3.05) is 0 Å². The average molecular weight is 309 g/mol. The van der Waals surface area contributed by atoms with Crippen LogP contribution in [0.15, 0.2) is 30.3 Å². The molecular formula is C16H23NO5. The molecule has 6 heteroatoms. The number of aliphatic hydroxyl groups is 1. The lowest BCUT2D eigenvalue weighted by Crippen LogP contribution is -2.47. The van der Waals surface area contributed by atoms with Crippen LogP contribution in [0.2, 0.25) is 0 Å². The van der Waals surface area contributed by atoms with Gasteiger partial charge in [-0.1, -0.05) is 30.3 Å². The van der Waals surface area contributed by atoms with Crippen LogP contribution in [0.25, 0.3) is 0 Å². The van der Waals surface area contributed by atoms with Crippen molar-refractivity contribution in [1.82, 2.24) is 5.32 Å². The van der Waals surface area contributed by atoms with Gasteiger partial charge in [-0.2, -0.15) is 0 Å². The molecule has 0 fully saturated rings. The number of benzene rings is 1. The van der Waals surface area contributed by atoms with Gasteiger partial charge in [0.2, 0.25) is 0 Å². The molecular weight excluding hydrogens is 286 g/mol. The highest BCUT2D eigenvalue weighted by Crippen LogP contribution is 2.11. The van der Waals surface area contributed by atoms with Gasteiger partial charge >= 0.3 is 12.1 Å². The fourth-order valence-corrected chi connectivity index (χ4v) is 1.93. The summed E-state index contributed by atoms with van der Waals surface area (Å²) < 4.78 is 5.15. The summed E-state index contributed by atoms with van der Waals surface area (Å²) in [6.07, 6.45) is -2.02. The number of rotatable bonds is 6. The average Bonchev–Trinajstić information content (AvgIpc) is 2.36. The molecule has 22 heavy (non-hydrogen) atoms. The van der Waals surface area contributed by atoms with Crippen LogP contribution in [0.4, 0.5) is 4.79 Å². The van der Waals surface area contributed by atoms with Gasteiger partial charge in [-0.15, -0.1) is 0 Å². The van der Waals surface area contributed by atoms with Gasteiger partial charge in [-0.05, 0) is 32.8 Å². The maximum atomic E-state index is 11.9. The Balaban J connectivity index is 2.77. The smallest absolute Gasteiger partial charge is 0.407 e. The van der Waals surface area contributed by atoms with Gasteiger partial charge in [-0.3, -0.25) is 4.79 Å². The van der Waals surface area contributed by atoms with E-state index in [0.717, 1.165) is 5.56 Å². The van der Waals surface area contributed by atoms with E-state index in [1.807, 2.05) is 30.3 Å². The summed E-state index contributed by atoms with van der Waals surface area (Å²) in [6.45, 7) is 5.19. The first kappa shape index (κ1) is 18.0. The van der Waals surface area contributed by atoms with Crippen molar-refractivity contribution in [3.63, 3.8) is 0 Å². The first-order chi connectivity index (χ1) is 10.2. The lowest BCUT2D eigenvalue weighted by Gasteiger charge is -2.26. The van der Waals surface area contributed by atoms with Crippen molar-refractivity contribution in [3.8, 4) is 0 Å². The Labute approximate surface area is 130 Å². The molecule has 0 bridgehead atoms. The second-order valence-electron chi connectivity index (χ2n) is 6.11. The number of carboxylic acid groups (broad SMARTS) is 1. The van der Waals surface area contributed by atoms with E-state index in [0.29, 0.717) is 6.42 Å². The number of alkyl carbamates (subject to hydrolysis) is 1. The summed E-state index contributed by atoms with van der Waals surface area (Å²) in [5.74, 6) is -1.13. The zero-order valence-electron chi connectivity index (χ0n) is 13.1. The molecule has 0 spiro atoms. The predicted octanol–water partition coefficient (Wildman–Crippen LogP) is 1.96. The number of hydrogen-bond acceptors (Lipinski definition) is 4. The minimum Gasteiger partial charge on any atom is -0.481 e. The quantitative estimate of drug-likeness (QED) is 0.746. The Morgan fingerprint density at radius 3 is 2.32 bits per heavy atom. The minimum absolute atomic E-state index is 0.314. The molecule has 0 aliphatic rings. The van der Waals surface area contributed by atoms with Gasteiger partial charge in [0.05, 0.1) is 18.6 Å². The lowest BCUT2D eigenvalue weighted by molar-refractivity contribution is -0.139. The standard InChI is InChI=1S/C16H23NO5/c1-16(2,3)22-15(21)17-12(13(18)10-14(19)20)9-11-7-5-4-6-8-11/h4-8,12-13,18H,9-10H2,1-3H3,(H,17,21)(H,19,20)/t12?,13-/m0/s1. The van der Waals surface area contributed by atoms with Gasteiger partial charge in [0.25, 0.3) is 0 Å². The van der Waals surface area contributed by atoms with Crippen LogP contribution in [-0.4, -0.2) is 40.0 Å². The van der Waals surface area contributed by atoms with E-state index in [2.05, 4.69) is 5.32 Å². The van der Waals surface area contributed by atoms with Crippen LogP contribution in [0.1, 0.15) is 32.8 Å². The molecule has 1 rings (SSSR count). The number of hydrogen-bond donors (Lipinski definition) is 3. The molecule has 0 aliphatic carbocycles. The van der Waals surface area contributed by atoms with Gasteiger partial charge in [0.15, 0.2) is 0 Å². The van der Waals surface area contributed by atoms with Gasteiger partial charge in [-0.25, -0.2) is 4.79 Å². The third-order valence-corrected chi connectivity index (χ3v) is 2.85. The molecule has 0 radical (unpaired) electrons. The number of carbonyl (C=O) groups is 2. The number of ether oxygens (including phenoxy) is 1. The number of aliphatic hydroxyl groups excluding tert-OH is 1. The van der Waals surface area contributed by atoms with E-state index in [1.165, 1.54) is 0 Å². The topological polar surface area (TPSA) is 95.9 Å². The van der Waals surface area contributed by atoms with E-state index < -0.39 is 36.2 Å². The van der Waals surface area contributed by atoms with E-state index in [1.54, 1.807) is 20.8 Å². The fraction of sp³-hybridized carbons (Fsp3) is 0.500. The van der Waals surface area contributed by atoms with E-state index in [-0.39, 0.29) is 0 Å². The SMILES string of the molecule is CC(C)(C)OC(=O)NC(Cc1ccccc1)[C@@H](O)CC(=O)O. The minimum atomic E-state index is -1.20. The Kier molecular flexibility index (Phi) is 6.37. The van der Waals surface area contributed by atoms with Crippen LogP contribution in [0.5, 0.6) is 0 Å². The van der Waals surface area contributed by atoms with Crippen LogP contribution in [0, 0.1) is 0 Å². The highest BCUT2D eigenvalue weighted by Gasteiger charge is 2.26. The molecule has 2 atom stereocenters. The third kappa shape index (κ3) is 7.08. The summed E-state index contributed by atoms with van der Waals surface area (Å²) in [5, 5.41) is 21.4. The van der Waals surface area contributed by atoms with E-state index in [9.17, 15) is 14.7 Å². The number of carbonyl (C=O) groups excluding carboxylic acids is 1. The van der Waals surface area contributed by atoms with Gasteiger partial charge in [0.1, 0.15) is 5.60 Å². The Bertz CT molecular complexity index is 495. The van der Waals surface area contributed by atoms with E-state index >= 15 is 0 Å². The summed E-state index contributed by atoms with van der Waals surface area (Å²) >= 11 is 0. The fourth-order valence-electron chi connectivity index (χ4n) is 1.93. The van der Waals surface area contributed by atoms with Crippen molar-refractivity contribution in [2.24, 2.45) is 0 Å². The number of aliphatic carboxylic acids is 1. The highest BCUT2D eigenvalue weighted by molar-refractivity contribution is 5.69. The molecule has 0 saturated heterocycles. The number of carboxylic acids is 1. The maximum Gasteiger partial charge on any atom is 0.407 e. The second kappa shape index (κ2) is 7.79. The zero-order valence-corrected chi connectivity index (χ0v) is 13.1. The third-order valence-electron chi connectivity index (χ3n) is 2.85. The van der Waals surface area contributed by atoms with E-state index in [4.69, 9.17) is 9.84 Å². The molecule has 1 aromatic carbocycles. The molecule has 1 aromatic rings. The summed E-state index contributed by atoms with van der Waals surface area (Å²) in [7, 11) is 0. The Morgan fingerprint density at radius 1 is 1.23 bits per heavy atom. The molecule has 122 valence electrons. The van der Waals surface area contributed by atoms with Crippen LogP contribution >= 0.6 is 0 Å².